The Morgan fingerprint density at radius 2 is 2.15 bits per heavy atom. The number of carbonyl (C=O) groups excluding carboxylic acids is 1. The largest absolute Gasteiger partial charge is 0.448 e. The van der Waals surface area contributed by atoms with Gasteiger partial charge in [-0.05, 0) is 19.9 Å². The number of amides is 1. The zero-order valence-corrected chi connectivity index (χ0v) is 11.4. The van der Waals surface area contributed by atoms with Crippen molar-refractivity contribution in [2.75, 3.05) is 0 Å². The van der Waals surface area contributed by atoms with E-state index >= 15 is 0 Å². The third kappa shape index (κ3) is 2.35. The van der Waals surface area contributed by atoms with Gasteiger partial charge in [0.2, 0.25) is 5.88 Å². The lowest BCUT2D eigenvalue weighted by atomic mass is 10.1. The summed E-state index contributed by atoms with van der Waals surface area (Å²) < 4.78 is 7.06. The molecular formula is C14H17N4O2+. The van der Waals surface area contributed by atoms with Crippen molar-refractivity contribution in [2.24, 2.45) is 11.5 Å². The zero-order valence-electron chi connectivity index (χ0n) is 11.4. The van der Waals surface area contributed by atoms with Crippen LogP contribution < -0.4 is 16.5 Å². The summed E-state index contributed by atoms with van der Waals surface area (Å²) in [5.74, 6) is 0.355. The van der Waals surface area contributed by atoms with E-state index < -0.39 is 5.91 Å². The van der Waals surface area contributed by atoms with Crippen molar-refractivity contribution in [2.45, 2.75) is 13.8 Å². The van der Waals surface area contributed by atoms with E-state index in [1.54, 1.807) is 36.1 Å². The van der Waals surface area contributed by atoms with Gasteiger partial charge in [0.15, 0.2) is 0 Å². The summed E-state index contributed by atoms with van der Waals surface area (Å²) in [5.41, 5.74) is 13.7. The lowest BCUT2D eigenvalue weighted by Crippen LogP contribution is -2.73. The van der Waals surface area contributed by atoms with Gasteiger partial charge in [-0.2, -0.15) is 0 Å². The molecule has 0 aliphatic heterocycles. The second kappa shape index (κ2) is 5.08. The Hall–Kier alpha value is -2.76. The van der Waals surface area contributed by atoms with Crippen LogP contribution in [0.15, 0.2) is 41.3 Å². The maximum Gasteiger partial charge on any atom is 0.280 e. The highest BCUT2D eigenvalue weighted by Crippen LogP contribution is 2.20. The minimum absolute atomic E-state index is 0.324. The molecule has 6 heteroatoms. The van der Waals surface area contributed by atoms with E-state index in [2.05, 4.69) is 11.6 Å². The van der Waals surface area contributed by atoms with Crippen LogP contribution in [0.4, 0.5) is 0 Å². The number of nitrogen functional groups attached to an aromatic ring is 1. The summed E-state index contributed by atoms with van der Waals surface area (Å²) in [6.07, 6.45) is 3.16. The van der Waals surface area contributed by atoms with Gasteiger partial charge in [0.25, 0.3) is 11.7 Å². The van der Waals surface area contributed by atoms with Crippen LogP contribution in [0, 0.1) is 6.92 Å². The van der Waals surface area contributed by atoms with E-state index in [4.69, 9.17) is 15.9 Å². The lowest BCUT2D eigenvalue weighted by Gasteiger charge is -2.02. The predicted octanol–water partition coefficient (Wildman–Crippen LogP) is -0.203. The Bertz CT molecular complexity index is 693. The van der Waals surface area contributed by atoms with Crippen LogP contribution in [0.1, 0.15) is 28.5 Å². The van der Waals surface area contributed by atoms with Crippen molar-refractivity contribution >= 4 is 11.7 Å². The van der Waals surface area contributed by atoms with Crippen LogP contribution in [-0.2, 0) is 0 Å². The van der Waals surface area contributed by atoms with E-state index in [0.717, 1.165) is 5.69 Å². The number of amidine groups is 1. The second-order valence-electron chi connectivity index (χ2n) is 4.51. The van der Waals surface area contributed by atoms with Crippen LogP contribution in [0.2, 0.25) is 0 Å². The van der Waals surface area contributed by atoms with Gasteiger partial charge >= 0.3 is 0 Å². The lowest BCUT2D eigenvalue weighted by molar-refractivity contribution is -0.396. The first-order valence-electron chi connectivity index (χ1n) is 6.02. The monoisotopic (exact) mass is 273 g/mol. The van der Waals surface area contributed by atoms with Crippen molar-refractivity contribution in [3.63, 3.8) is 0 Å². The average molecular weight is 273 g/mol. The van der Waals surface area contributed by atoms with Crippen LogP contribution in [0.3, 0.4) is 0 Å². The Balaban J connectivity index is 2.67. The predicted molar refractivity (Wildman–Crippen MR) is 75.4 cm³/mol. The van der Waals surface area contributed by atoms with E-state index in [1.165, 1.54) is 0 Å². The summed E-state index contributed by atoms with van der Waals surface area (Å²) in [6.45, 7) is 7.33. The second-order valence-corrected chi connectivity index (χ2v) is 4.51. The Kier molecular flexibility index (Phi) is 3.47. The first-order chi connectivity index (χ1) is 9.41. The van der Waals surface area contributed by atoms with Gasteiger partial charge in [-0.1, -0.05) is 6.58 Å². The molecule has 0 bridgehead atoms. The highest BCUT2D eigenvalue weighted by Gasteiger charge is 2.23. The minimum atomic E-state index is -0.556. The first-order valence-corrected chi connectivity index (χ1v) is 6.02. The highest BCUT2D eigenvalue weighted by atomic mass is 16.3. The molecule has 0 unspecified atom stereocenters. The molecule has 0 atom stereocenters. The van der Waals surface area contributed by atoms with Crippen LogP contribution in [-0.4, -0.2) is 16.3 Å². The molecule has 0 spiro atoms. The topological polar surface area (TPSA) is 101 Å². The summed E-state index contributed by atoms with van der Waals surface area (Å²) >= 11 is 0. The fraction of sp³-hybridized carbons (Fsp3) is 0.143. The summed E-state index contributed by atoms with van der Waals surface area (Å²) in [7, 11) is 0. The molecule has 2 aromatic heterocycles. The number of allylic oxidation sites excluding steroid dienone is 1. The van der Waals surface area contributed by atoms with E-state index in [9.17, 15) is 4.79 Å². The number of nitrogens with one attached hydrogen (secondary N) is 1. The molecule has 0 saturated heterocycles. The molecule has 0 saturated carbocycles. The smallest absolute Gasteiger partial charge is 0.280 e. The SMILES string of the molecule is C=C(C)[NH+]=C(N)c1c(C(N)=O)cn(-c2ccco2)c1C. The molecule has 2 aromatic rings. The van der Waals surface area contributed by atoms with Gasteiger partial charge in [0.1, 0.15) is 0 Å². The van der Waals surface area contributed by atoms with Gasteiger partial charge in [-0.15, -0.1) is 0 Å². The Morgan fingerprint density at radius 3 is 2.65 bits per heavy atom. The minimum Gasteiger partial charge on any atom is -0.448 e. The first kappa shape index (κ1) is 13.7. The molecule has 104 valence electrons. The van der Waals surface area contributed by atoms with Crippen LogP contribution in [0.25, 0.3) is 5.88 Å². The van der Waals surface area contributed by atoms with E-state index in [1.807, 2.05) is 6.92 Å². The Morgan fingerprint density at radius 1 is 1.45 bits per heavy atom. The molecule has 0 fully saturated rings. The average Bonchev–Trinajstić information content (AvgIpc) is 2.94. The number of hydrogen-bond donors (Lipinski definition) is 3. The molecule has 0 aliphatic rings. The number of hydrogen-bond acceptors (Lipinski definition) is 2. The van der Waals surface area contributed by atoms with E-state index in [-0.39, 0.29) is 0 Å². The summed E-state index contributed by atoms with van der Waals surface area (Å²) in [6, 6.07) is 3.54. The zero-order chi connectivity index (χ0) is 14.9. The van der Waals surface area contributed by atoms with E-state index in [0.29, 0.717) is 28.5 Å². The molecule has 2 heterocycles. The molecule has 5 N–H and O–H groups in total. The van der Waals surface area contributed by atoms with Crippen LogP contribution in [0.5, 0.6) is 0 Å². The number of aromatic nitrogens is 1. The molecule has 2 rings (SSSR count). The molecule has 1 amide bonds. The molecule has 0 radical (unpaired) electrons. The highest BCUT2D eigenvalue weighted by molar-refractivity contribution is 6.07. The van der Waals surface area contributed by atoms with Gasteiger partial charge in [-0.25, -0.2) is 4.99 Å². The van der Waals surface area contributed by atoms with Gasteiger partial charge < -0.3 is 10.2 Å². The third-order valence-electron chi connectivity index (χ3n) is 2.88. The molecular weight excluding hydrogens is 256 g/mol. The van der Waals surface area contributed by atoms with Gasteiger partial charge in [0.05, 0.1) is 23.1 Å². The molecule has 6 nitrogen and oxygen atoms in total. The number of primary amides is 1. The normalized spacial score (nSPS) is 11.6. The van der Waals surface area contributed by atoms with Crippen molar-refractivity contribution in [3.05, 3.63) is 53.7 Å². The van der Waals surface area contributed by atoms with Crippen LogP contribution >= 0.6 is 0 Å². The quantitative estimate of drug-likeness (QED) is 0.531. The molecule has 20 heavy (non-hydrogen) atoms. The summed E-state index contributed by atoms with van der Waals surface area (Å²) in [5, 5.41) is 0. The maximum absolute atomic E-state index is 11.6. The molecule has 0 aliphatic carbocycles. The van der Waals surface area contributed by atoms with Crippen molar-refractivity contribution < 1.29 is 14.2 Å². The number of carbonyl (C=O) groups is 1. The fourth-order valence-electron chi connectivity index (χ4n) is 2.06. The number of furan rings is 1. The molecule has 0 aromatic carbocycles. The Labute approximate surface area is 116 Å². The summed E-state index contributed by atoms with van der Waals surface area (Å²) in [4.78, 5) is 14.5. The van der Waals surface area contributed by atoms with Gasteiger partial charge in [-0.3, -0.25) is 15.1 Å². The number of nitrogens with zero attached hydrogens (tertiary/aromatic N) is 1. The fourth-order valence-corrected chi connectivity index (χ4v) is 2.06. The number of nitrogens with two attached hydrogens (primary N) is 2. The standard InChI is InChI=1S/C14H16N4O2/c1-8(2)17-13(15)12-9(3)18(7-10(12)14(16)19)11-5-4-6-20-11/h4-7H,1H2,2-3H3,(H2,15,17)(H2,16,19)/p+1. The van der Waals surface area contributed by atoms with Gasteiger partial charge in [0, 0.05) is 18.0 Å². The number of rotatable bonds is 4. The van der Waals surface area contributed by atoms with Crippen molar-refractivity contribution in [1.29, 1.82) is 0 Å². The maximum atomic E-state index is 11.6. The van der Waals surface area contributed by atoms with Crippen molar-refractivity contribution in [3.8, 4) is 5.88 Å². The third-order valence-corrected chi connectivity index (χ3v) is 2.88. The van der Waals surface area contributed by atoms with Crippen molar-refractivity contribution in [1.82, 2.24) is 4.57 Å².